The number of amides is 1. The minimum atomic E-state index is -0.187. The van der Waals surface area contributed by atoms with Crippen molar-refractivity contribution in [2.45, 2.75) is 58.9 Å². The third kappa shape index (κ3) is 2.65. The van der Waals surface area contributed by atoms with E-state index >= 15 is 0 Å². The molecule has 2 aliphatic rings. The molecular weight excluding hydrogens is 212 g/mol. The summed E-state index contributed by atoms with van der Waals surface area (Å²) < 4.78 is 0. The van der Waals surface area contributed by atoms with Crippen LogP contribution in [-0.4, -0.2) is 25.0 Å². The molecule has 3 heteroatoms. The molecule has 0 spiro atoms. The van der Waals surface area contributed by atoms with Crippen LogP contribution in [0.2, 0.25) is 0 Å². The SMILES string of the molecule is CC1(C(=O)NC2CCCCC2(C)C)CCNC1. The number of hydrogen-bond donors (Lipinski definition) is 2. The molecule has 0 aromatic heterocycles. The molecule has 17 heavy (non-hydrogen) atoms. The molecule has 2 rings (SSSR count). The fraction of sp³-hybridized carbons (Fsp3) is 0.929. The van der Waals surface area contributed by atoms with Gasteiger partial charge in [-0.25, -0.2) is 0 Å². The van der Waals surface area contributed by atoms with Crippen LogP contribution in [0.5, 0.6) is 0 Å². The first-order valence-corrected chi connectivity index (χ1v) is 6.96. The van der Waals surface area contributed by atoms with E-state index in [9.17, 15) is 4.79 Å². The molecule has 2 unspecified atom stereocenters. The lowest BCUT2D eigenvalue weighted by atomic mass is 9.73. The summed E-state index contributed by atoms with van der Waals surface area (Å²) in [5.74, 6) is 0.252. The van der Waals surface area contributed by atoms with Gasteiger partial charge in [0.2, 0.25) is 5.91 Å². The van der Waals surface area contributed by atoms with Crippen molar-refractivity contribution in [1.82, 2.24) is 10.6 Å². The predicted octanol–water partition coefficient (Wildman–Crippen LogP) is 2.07. The molecule has 0 aromatic rings. The van der Waals surface area contributed by atoms with Gasteiger partial charge in [-0.05, 0) is 38.1 Å². The molecule has 1 saturated carbocycles. The van der Waals surface area contributed by atoms with E-state index in [1.807, 2.05) is 0 Å². The Labute approximate surface area is 105 Å². The molecule has 1 aliphatic heterocycles. The van der Waals surface area contributed by atoms with Gasteiger partial charge in [-0.15, -0.1) is 0 Å². The highest BCUT2D eigenvalue weighted by atomic mass is 16.2. The third-order valence-electron chi connectivity index (χ3n) is 4.73. The zero-order chi connectivity index (χ0) is 12.5. The Hall–Kier alpha value is -0.570. The van der Waals surface area contributed by atoms with Gasteiger partial charge in [-0.2, -0.15) is 0 Å². The summed E-state index contributed by atoms with van der Waals surface area (Å²) >= 11 is 0. The maximum absolute atomic E-state index is 12.4. The summed E-state index contributed by atoms with van der Waals surface area (Å²) in [5, 5.41) is 6.60. The van der Waals surface area contributed by atoms with Crippen LogP contribution in [0.15, 0.2) is 0 Å². The first kappa shape index (κ1) is 12.9. The van der Waals surface area contributed by atoms with Crippen molar-refractivity contribution in [3.05, 3.63) is 0 Å². The molecule has 0 radical (unpaired) electrons. The van der Waals surface area contributed by atoms with Crippen LogP contribution in [0.25, 0.3) is 0 Å². The summed E-state index contributed by atoms with van der Waals surface area (Å²) in [6, 6.07) is 0.362. The monoisotopic (exact) mass is 238 g/mol. The van der Waals surface area contributed by atoms with Crippen molar-refractivity contribution in [1.29, 1.82) is 0 Å². The molecule has 1 aliphatic carbocycles. The highest BCUT2D eigenvalue weighted by Gasteiger charge is 2.40. The largest absolute Gasteiger partial charge is 0.352 e. The van der Waals surface area contributed by atoms with Crippen molar-refractivity contribution in [2.24, 2.45) is 10.8 Å². The molecule has 2 N–H and O–H groups in total. The molecule has 2 fully saturated rings. The standard InChI is InChI=1S/C14H26N2O/c1-13(2)7-5-4-6-11(13)16-12(17)14(3)8-9-15-10-14/h11,15H,4-10H2,1-3H3,(H,16,17). The fourth-order valence-electron chi connectivity index (χ4n) is 3.10. The third-order valence-corrected chi connectivity index (χ3v) is 4.73. The summed E-state index contributed by atoms with van der Waals surface area (Å²) in [6.07, 6.45) is 5.89. The van der Waals surface area contributed by atoms with Gasteiger partial charge >= 0.3 is 0 Å². The van der Waals surface area contributed by atoms with E-state index in [-0.39, 0.29) is 16.7 Å². The maximum Gasteiger partial charge on any atom is 0.227 e. The van der Waals surface area contributed by atoms with E-state index in [0.29, 0.717) is 6.04 Å². The second-order valence-corrected chi connectivity index (χ2v) is 6.75. The number of carbonyl (C=O) groups excluding carboxylic acids is 1. The van der Waals surface area contributed by atoms with Gasteiger partial charge in [0.05, 0.1) is 5.41 Å². The fourth-order valence-corrected chi connectivity index (χ4v) is 3.10. The minimum Gasteiger partial charge on any atom is -0.352 e. The van der Waals surface area contributed by atoms with Crippen molar-refractivity contribution in [2.75, 3.05) is 13.1 Å². The first-order chi connectivity index (χ1) is 7.94. The second kappa shape index (κ2) is 4.60. The van der Waals surface area contributed by atoms with Crippen LogP contribution in [0, 0.1) is 10.8 Å². The Morgan fingerprint density at radius 2 is 2.00 bits per heavy atom. The van der Waals surface area contributed by atoms with Crippen molar-refractivity contribution < 1.29 is 4.79 Å². The Morgan fingerprint density at radius 1 is 1.24 bits per heavy atom. The van der Waals surface area contributed by atoms with Gasteiger partial charge in [0, 0.05) is 12.6 Å². The highest BCUT2D eigenvalue weighted by Crippen LogP contribution is 2.36. The molecular formula is C14H26N2O. The maximum atomic E-state index is 12.4. The van der Waals surface area contributed by atoms with Gasteiger partial charge in [0.1, 0.15) is 0 Å². The number of nitrogens with one attached hydrogen (secondary N) is 2. The molecule has 98 valence electrons. The number of carbonyl (C=O) groups is 1. The van der Waals surface area contributed by atoms with Crippen LogP contribution in [0.4, 0.5) is 0 Å². The summed E-state index contributed by atoms with van der Waals surface area (Å²) in [7, 11) is 0. The normalized spacial score (nSPS) is 36.8. The molecule has 1 heterocycles. The molecule has 3 nitrogen and oxygen atoms in total. The van der Waals surface area contributed by atoms with E-state index in [0.717, 1.165) is 25.9 Å². The topological polar surface area (TPSA) is 41.1 Å². The van der Waals surface area contributed by atoms with Crippen LogP contribution < -0.4 is 10.6 Å². The molecule has 1 amide bonds. The number of rotatable bonds is 2. The average molecular weight is 238 g/mol. The van der Waals surface area contributed by atoms with E-state index < -0.39 is 0 Å². The van der Waals surface area contributed by atoms with Crippen LogP contribution >= 0.6 is 0 Å². The Morgan fingerprint density at radius 3 is 2.59 bits per heavy atom. The lowest BCUT2D eigenvalue weighted by molar-refractivity contribution is -0.131. The van der Waals surface area contributed by atoms with Crippen LogP contribution in [0.3, 0.4) is 0 Å². The quantitative estimate of drug-likeness (QED) is 0.773. The molecule has 2 atom stereocenters. The summed E-state index contributed by atoms with van der Waals surface area (Å²) in [4.78, 5) is 12.4. The Kier molecular flexibility index (Phi) is 3.48. The van der Waals surface area contributed by atoms with Gasteiger partial charge < -0.3 is 10.6 Å². The highest BCUT2D eigenvalue weighted by molar-refractivity contribution is 5.83. The van der Waals surface area contributed by atoms with E-state index in [1.54, 1.807) is 0 Å². The molecule has 0 bridgehead atoms. The van der Waals surface area contributed by atoms with Gasteiger partial charge in [0.15, 0.2) is 0 Å². The van der Waals surface area contributed by atoms with Crippen molar-refractivity contribution >= 4 is 5.91 Å². The van der Waals surface area contributed by atoms with Crippen molar-refractivity contribution in [3.8, 4) is 0 Å². The predicted molar refractivity (Wildman–Crippen MR) is 69.8 cm³/mol. The van der Waals surface area contributed by atoms with E-state index in [2.05, 4.69) is 31.4 Å². The van der Waals surface area contributed by atoms with Gasteiger partial charge in [0.25, 0.3) is 0 Å². The summed E-state index contributed by atoms with van der Waals surface area (Å²) in [5.41, 5.74) is 0.0732. The van der Waals surface area contributed by atoms with Crippen LogP contribution in [0.1, 0.15) is 52.9 Å². The summed E-state index contributed by atoms with van der Waals surface area (Å²) in [6.45, 7) is 8.45. The zero-order valence-electron chi connectivity index (χ0n) is 11.4. The Bertz CT molecular complexity index is 293. The molecule has 0 aromatic carbocycles. The smallest absolute Gasteiger partial charge is 0.227 e. The van der Waals surface area contributed by atoms with Gasteiger partial charge in [-0.3, -0.25) is 4.79 Å². The lowest BCUT2D eigenvalue weighted by Gasteiger charge is -2.40. The van der Waals surface area contributed by atoms with Gasteiger partial charge in [-0.1, -0.05) is 26.7 Å². The lowest BCUT2D eigenvalue weighted by Crippen LogP contribution is -2.51. The van der Waals surface area contributed by atoms with E-state index in [4.69, 9.17) is 0 Å². The second-order valence-electron chi connectivity index (χ2n) is 6.75. The Balaban J connectivity index is 1.98. The van der Waals surface area contributed by atoms with E-state index in [1.165, 1.54) is 19.3 Å². The average Bonchev–Trinajstić information content (AvgIpc) is 2.69. The molecule has 1 saturated heterocycles. The minimum absolute atomic E-state index is 0.187. The van der Waals surface area contributed by atoms with Crippen LogP contribution in [-0.2, 0) is 4.79 Å². The number of hydrogen-bond acceptors (Lipinski definition) is 2. The van der Waals surface area contributed by atoms with Crippen molar-refractivity contribution in [3.63, 3.8) is 0 Å². The first-order valence-electron chi connectivity index (χ1n) is 6.96. The zero-order valence-corrected chi connectivity index (χ0v) is 11.4.